The van der Waals surface area contributed by atoms with Crippen LogP contribution in [0.1, 0.15) is 41.8 Å². The summed E-state index contributed by atoms with van der Waals surface area (Å²) in [6, 6.07) is 9.33. The number of halogens is 1. The van der Waals surface area contributed by atoms with Crippen LogP contribution in [0, 0.1) is 19.7 Å². The smallest absolute Gasteiger partial charge is 0.123 e. The Labute approximate surface area is 126 Å². The van der Waals surface area contributed by atoms with Crippen LogP contribution < -0.4 is 5.32 Å². The van der Waals surface area contributed by atoms with E-state index in [4.69, 9.17) is 0 Å². The Morgan fingerprint density at radius 2 is 2.05 bits per heavy atom. The zero-order chi connectivity index (χ0) is 15.2. The predicted molar refractivity (Wildman–Crippen MR) is 84.8 cm³/mol. The first kappa shape index (κ1) is 15.6. The summed E-state index contributed by atoms with van der Waals surface area (Å²) in [4.78, 5) is 4.39. The van der Waals surface area contributed by atoms with E-state index in [-0.39, 0.29) is 11.9 Å². The molecular weight excluding hydrogens is 263 g/mol. The predicted octanol–water partition coefficient (Wildman–Crippen LogP) is 4.12. The van der Waals surface area contributed by atoms with E-state index >= 15 is 0 Å². The van der Waals surface area contributed by atoms with Gasteiger partial charge in [-0.25, -0.2) is 4.39 Å². The fraction of sp³-hybridized carbons (Fsp3) is 0.389. The molecule has 0 amide bonds. The molecular formula is C18H23FN2. The lowest BCUT2D eigenvalue weighted by atomic mass is 9.95. The molecule has 0 spiro atoms. The Hall–Kier alpha value is -1.74. The van der Waals surface area contributed by atoms with Crippen molar-refractivity contribution in [1.29, 1.82) is 0 Å². The monoisotopic (exact) mass is 286 g/mol. The van der Waals surface area contributed by atoms with Crippen molar-refractivity contribution < 1.29 is 4.39 Å². The molecule has 3 heteroatoms. The Balaban J connectivity index is 2.26. The fourth-order valence-electron chi connectivity index (χ4n) is 2.58. The highest BCUT2D eigenvalue weighted by Crippen LogP contribution is 2.22. The second-order valence-electron chi connectivity index (χ2n) is 5.46. The maximum absolute atomic E-state index is 13.2. The van der Waals surface area contributed by atoms with Crippen molar-refractivity contribution in [2.45, 2.75) is 39.7 Å². The number of aromatic nitrogens is 1. The van der Waals surface area contributed by atoms with Crippen LogP contribution in [0.5, 0.6) is 0 Å². The normalized spacial score (nSPS) is 12.4. The van der Waals surface area contributed by atoms with Gasteiger partial charge in [-0.1, -0.05) is 19.1 Å². The van der Waals surface area contributed by atoms with E-state index in [1.54, 1.807) is 6.07 Å². The maximum atomic E-state index is 13.2. The van der Waals surface area contributed by atoms with Crippen molar-refractivity contribution in [3.05, 3.63) is 64.7 Å². The number of hydrogen-bond acceptors (Lipinski definition) is 2. The molecule has 0 saturated carbocycles. The average Bonchev–Trinajstić information content (AvgIpc) is 2.46. The topological polar surface area (TPSA) is 24.9 Å². The summed E-state index contributed by atoms with van der Waals surface area (Å²) in [5.41, 5.74) is 4.44. The molecule has 112 valence electrons. The summed E-state index contributed by atoms with van der Waals surface area (Å²) < 4.78 is 13.2. The van der Waals surface area contributed by atoms with Gasteiger partial charge in [-0.2, -0.15) is 0 Å². The molecule has 0 aliphatic rings. The Morgan fingerprint density at radius 1 is 1.24 bits per heavy atom. The van der Waals surface area contributed by atoms with Gasteiger partial charge in [0.1, 0.15) is 5.82 Å². The Morgan fingerprint density at radius 3 is 2.71 bits per heavy atom. The lowest BCUT2D eigenvalue weighted by Gasteiger charge is -2.21. The van der Waals surface area contributed by atoms with E-state index in [0.29, 0.717) is 0 Å². The highest BCUT2D eigenvalue weighted by molar-refractivity contribution is 5.31. The number of nitrogens with one attached hydrogen (secondary N) is 1. The molecule has 0 fully saturated rings. The van der Waals surface area contributed by atoms with Gasteiger partial charge in [-0.15, -0.1) is 0 Å². The van der Waals surface area contributed by atoms with Gasteiger partial charge >= 0.3 is 0 Å². The number of rotatable bonds is 6. The molecule has 2 aromatic rings. The summed E-state index contributed by atoms with van der Waals surface area (Å²) in [6.07, 6.45) is 3.75. The SMILES string of the molecule is CCCNC(Cc1ccc(F)cc1C)c1cccnc1C. The van der Waals surface area contributed by atoms with E-state index < -0.39 is 0 Å². The van der Waals surface area contributed by atoms with Crippen LogP contribution in [0.3, 0.4) is 0 Å². The average molecular weight is 286 g/mol. The van der Waals surface area contributed by atoms with Crippen molar-refractivity contribution in [2.75, 3.05) is 6.54 Å². The van der Waals surface area contributed by atoms with Crippen molar-refractivity contribution in [3.8, 4) is 0 Å². The molecule has 1 aromatic carbocycles. The standard InChI is InChI=1S/C18H23FN2/c1-4-9-21-18(17-6-5-10-20-14(17)3)12-15-7-8-16(19)11-13(15)2/h5-8,10-11,18,21H,4,9,12H2,1-3H3. The lowest BCUT2D eigenvalue weighted by molar-refractivity contribution is 0.523. The first-order valence-electron chi connectivity index (χ1n) is 7.51. The van der Waals surface area contributed by atoms with Crippen LogP contribution in [0.2, 0.25) is 0 Å². The third-order valence-electron chi connectivity index (χ3n) is 3.79. The highest BCUT2D eigenvalue weighted by atomic mass is 19.1. The molecule has 21 heavy (non-hydrogen) atoms. The summed E-state index contributed by atoms with van der Waals surface area (Å²) >= 11 is 0. The minimum Gasteiger partial charge on any atom is -0.310 e. The van der Waals surface area contributed by atoms with E-state index in [0.717, 1.165) is 30.6 Å². The zero-order valence-electron chi connectivity index (χ0n) is 13.0. The summed E-state index contributed by atoms with van der Waals surface area (Å²) in [5, 5.41) is 3.58. The van der Waals surface area contributed by atoms with Gasteiger partial charge in [0.15, 0.2) is 0 Å². The molecule has 1 heterocycles. The van der Waals surface area contributed by atoms with Gasteiger partial charge < -0.3 is 5.32 Å². The first-order chi connectivity index (χ1) is 10.1. The maximum Gasteiger partial charge on any atom is 0.123 e. The number of aryl methyl sites for hydroxylation is 2. The van der Waals surface area contributed by atoms with E-state index in [1.165, 1.54) is 17.2 Å². The van der Waals surface area contributed by atoms with E-state index in [1.807, 2.05) is 32.2 Å². The molecule has 0 saturated heterocycles. The molecule has 1 unspecified atom stereocenters. The van der Waals surface area contributed by atoms with Gasteiger partial charge in [-0.3, -0.25) is 4.98 Å². The van der Waals surface area contributed by atoms with E-state index in [9.17, 15) is 4.39 Å². The second-order valence-corrected chi connectivity index (χ2v) is 5.46. The van der Waals surface area contributed by atoms with Gasteiger partial charge in [0.05, 0.1) is 0 Å². The quantitative estimate of drug-likeness (QED) is 0.864. The fourth-order valence-corrected chi connectivity index (χ4v) is 2.58. The third kappa shape index (κ3) is 4.11. The van der Waals surface area contributed by atoms with Gasteiger partial charge in [0.25, 0.3) is 0 Å². The van der Waals surface area contributed by atoms with Crippen molar-refractivity contribution in [3.63, 3.8) is 0 Å². The molecule has 1 N–H and O–H groups in total. The number of hydrogen-bond donors (Lipinski definition) is 1. The molecule has 0 radical (unpaired) electrons. The molecule has 2 rings (SSSR count). The van der Waals surface area contributed by atoms with Crippen molar-refractivity contribution >= 4 is 0 Å². The number of pyridine rings is 1. The largest absolute Gasteiger partial charge is 0.310 e. The van der Waals surface area contributed by atoms with Crippen LogP contribution >= 0.6 is 0 Å². The highest BCUT2D eigenvalue weighted by Gasteiger charge is 2.15. The molecule has 2 nitrogen and oxygen atoms in total. The van der Waals surface area contributed by atoms with Gasteiger partial charge in [-0.05, 0) is 68.1 Å². The molecule has 0 aliphatic carbocycles. The summed E-state index contributed by atoms with van der Waals surface area (Å²) in [7, 11) is 0. The Kier molecular flexibility index (Phi) is 5.45. The Bertz CT molecular complexity index is 596. The summed E-state index contributed by atoms with van der Waals surface area (Å²) in [6.45, 7) is 7.11. The van der Waals surface area contributed by atoms with Crippen LogP contribution in [0.4, 0.5) is 4.39 Å². The minimum absolute atomic E-state index is 0.174. The van der Waals surface area contributed by atoms with Gasteiger partial charge in [0.2, 0.25) is 0 Å². The zero-order valence-corrected chi connectivity index (χ0v) is 13.0. The van der Waals surface area contributed by atoms with Crippen LogP contribution in [0.25, 0.3) is 0 Å². The molecule has 0 bridgehead atoms. The third-order valence-corrected chi connectivity index (χ3v) is 3.79. The van der Waals surface area contributed by atoms with E-state index in [2.05, 4.69) is 23.3 Å². The lowest BCUT2D eigenvalue weighted by Crippen LogP contribution is -2.25. The number of nitrogens with zero attached hydrogens (tertiary/aromatic N) is 1. The van der Waals surface area contributed by atoms with Crippen LogP contribution in [0.15, 0.2) is 36.5 Å². The molecule has 1 atom stereocenters. The summed E-state index contributed by atoms with van der Waals surface area (Å²) in [5.74, 6) is -0.174. The van der Waals surface area contributed by atoms with Crippen LogP contribution in [-0.4, -0.2) is 11.5 Å². The van der Waals surface area contributed by atoms with Crippen molar-refractivity contribution in [1.82, 2.24) is 10.3 Å². The first-order valence-corrected chi connectivity index (χ1v) is 7.51. The minimum atomic E-state index is -0.174. The number of benzene rings is 1. The van der Waals surface area contributed by atoms with Crippen molar-refractivity contribution in [2.24, 2.45) is 0 Å². The van der Waals surface area contributed by atoms with Crippen LogP contribution in [-0.2, 0) is 6.42 Å². The van der Waals surface area contributed by atoms with Gasteiger partial charge in [0, 0.05) is 17.9 Å². The molecule has 0 aliphatic heterocycles. The molecule has 1 aromatic heterocycles. The second kappa shape index (κ2) is 7.32.